The predicted octanol–water partition coefficient (Wildman–Crippen LogP) is 2.14. The Morgan fingerprint density at radius 1 is 1.38 bits per heavy atom. The van der Waals surface area contributed by atoms with Gasteiger partial charge in [0.2, 0.25) is 0 Å². The van der Waals surface area contributed by atoms with Crippen molar-refractivity contribution in [1.82, 2.24) is 15.6 Å². The van der Waals surface area contributed by atoms with Crippen LogP contribution in [0.15, 0.2) is 12.3 Å². The lowest BCUT2D eigenvalue weighted by Gasteiger charge is -2.11. The summed E-state index contributed by atoms with van der Waals surface area (Å²) in [6, 6.07) is 1.43. The van der Waals surface area contributed by atoms with Crippen LogP contribution >= 0.6 is 23.2 Å². The zero-order valence-electron chi connectivity index (χ0n) is 11.5. The lowest BCUT2D eigenvalue weighted by atomic mass is 10.1. The second kappa shape index (κ2) is 8.26. The van der Waals surface area contributed by atoms with Crippen molar-refractivity contribution in [2.24, 2.45) is 5.92 Å². The van der Waals surface area contributed by atoms with E-state index in [1.807, 2.05) is 0 Å². The topological polar surface area (TPSA) is 75.3 Å². The summed E-state index contributed by atoms with van der Waals surface area (Å²) in [5, 5.41) is 9.55. The minimum Gasteiger partial charge on any atom is -0.381 e. The zero-order valence-corrected chi connectivity index (χ0v) is 13.0. The Morgan fingerprint density at radius 2 is 2.24 bits per heavy atom. The van der Waals surface area contributed by atoms with Crippen molar-refractivity contribution in [2.75, 3.05) is 38.2 Å². The summed E-state index contributed by atoms with van der Waals surface area (Å²) in [7, 11) is 0. The summed E-state index contributed by atoms with van der Waals surface area (Å²) in [6.07, 6.45) is 2.52. The molecule has 0 bridgehead atoms. The van der Waals surface area contributed by atoms with Crippen LogP contribution in [0.1, 0.15) is 6.42 Å². The Labute approximate surface area is 133 Å². The number of hydrogen-bond acceptors (Lipinski definition) is 4. The van der Waals surface area contributed by atoms with E-state index in [4.69, 9.17) is 27.9 Å². The molecule has 8 heteroatoms. The quantitative estimate of drug-likeness (QED) is 0.697. The summed E-state index contributed by atoms with van der Waals surface area (Å²) in [4.78, 5) is 15.6. The van der Waals surface area contributed by atoms with Crippen LogP contribution in [0.3, 0.4) is 0 Å². The minimum absolute atomic E-state index is 0.182. The van der Waals surface area contributed by atoms with Crippen LogP contribution in [-0.4, -0.2) is 43.9 Å². The SMILES string of the molecule is O=C(NCCNc1ncc(Cl)cc1Cl)NCC1CCOC1. The first-order valence-corrected chi connectivity index (χ1v) is 7.55. The van der Waals surface area contributed by atoms with Crippen molar-refractivity contribution in [3.8, 4) is 0 Å². The number of nitrogens with zero attached hydrogens (tertiary/aromatic N) is 1. The maximum absolute atomic E-state index is 11.6. The summed E-state index contributed by atoms with van der Waals surface area (Å²) >= 11 is 11.7. The molecule has 1 aromatic rings. The van der Waals surface area contributed by atoms with Gasteiger partial charge in [-0.3, -0.25) is 0 Å². The van der Waals surface area contributed by atoms with E-state index in [-0.39, 0.29) is 6.03 Å². The summed E-state index contributed by atoms with van der Waals surface area (Å²) in [5.74, 6) is 0.970. The minimum atomic E-state index is -0.182. The molecule has 3 N–H and O–H groups in total. The molecule has 2 amide bonds. The fourth-order valence-electron chi connectivity index (χ4n) is 1.95. The summed E-state index contributed by atoms with van der Waals surface area (Å²) < 4.78 is 5.25. The number of anilines is 1. The fraction of sp³-hybridized carbons (Fsp3) is 0.538. The van der Waals surface area contributed by atoms with Crippen molar-refractivity contribution in [3.05, 3.63) is 22.3 Å². The van der Waals surface area contributed by atoms with Gasteiger partial charge in [0.05, 0.1) is 16.7 Å². The van der Waals surface area contributed by atoms with E-state index in [1.165, 1.54) is 6.20 Å². The molecule has 0 saturated carbocycles. The van der Waals surface area contributed by atoms with E-state index in [2.05, 4.69) is 20.9 Å². The highest BCUT2D eigenvalue weighted by Gasteiger charge is 2.15. The number of hydrogen-bond donors (Lipinski definition) is 3. The molecule has 1 atom stereocenters. The number of nitrogens with one attached hydrogen (secondary N) is 3. The molecule has 1 fully saturated rings. The van der Waals surface area contributed by atoms with Gasteiger partial charge in [-0.2, -0.15) is 0 Å². The third-order valence-corrected chi connectivity index (χ3v) is 3.58. The number of aromatic nitrogens is 1. The Morgan fingerprint density at radius 3 is 2.95 bits per heavy atom. The van der Waals surface area contributed by atoms with E-state index in [1.54, 1.807) is 6.07 Å². The van der Waals surface area contributed by atoms with Gasteiger partial charge in [0, 0.05) is 38.4 Å². The predicted molar refractivity (Wildman–Crippen MR) is 83.1 cm³/mol. The van der Waals surface area contributed by atoms with Crippen molar-refractivity contribution in [2.45, 2.75) is 6.42 Å². The van der Waals surface area contributed by atoms with Gasteiger partial charge in [-0.15, -0.1) is 0 Å². The highest BCUT2D eigenvalue weighted by Crippen LogP contribution is 2.21. The van der Waals surface area contributed by atoms with Crippen LogP contribution in [0.5, 0.6) is 0 Å². The number of rotatable bonds is 6. The molecule has 0 radical (unpaired) electrons. The van der Waals surface area contributed by atoms with Crippen LogP contribution in [0.2, 0.25) is 10.0 Å². The van der Waals surface area contributed by atoms with E-state index < -0.39 is 0 Å². The summed E-state index contributed by atoms with van der Waals surface area (Å²) in [5.41, 5.74) is 0. The van der Waals surface area contributed by atoms with E-state index in [9.17, 15) is 4.79 Å². The van der Waals surface area contributed by atoms with Gasteiger partial charge < -0.3 is 20.7 Å². The third-order valence-electron chi connectivity index (χ3n) is 3.09. The molecule has 116 valence electrons. The number of halogens is 2. The second-order valence-electron chi connectivity index (χ2n) is 4.78. The molecule has 1 saturated heterocycles. The van der Waals surface area contributed by atoms with Crippen molar-refractivity contribution in [1.29, 1.82) is 0 Å². The molecule has 21 heavy (non-hydrogen) atoms. The molecule has 0 aromatic carbocycles. The average molecular weight is 333 g/mol. The highest BCUT2D eigenvalue weighted by atomic mass is 35.5. The van der Waals surface area contributed by atoms with Crippen LogP contribution in [0.25, 0.3) is 0 Å². The smallest absolute Gasteiger partial charge is 0.314 e. The van der Waals surface area contributed by atoms with Gasteiger partial charge in [-0.1, -0.05) is 23.2 Å². The number of carbonyl (C=O) groups is 1. The standard InChI is InChI=1S/C13H18Cl2N4O2/c14-10-5-11(15)12(18-7-10)16-2-3-17-13(20)19-6-9-1-4-21-8-9/h5,7,9H,1-4,6,8H2,(H,16,18)(H2,17,19,20). The van der Waals surface area contributed by atoms with Gasteiger partial charge in [-0.05, 0) is 12.5 Å². The first kappa shape index (κ1) is 16.1. The molecule has 1 aliphatic heterocycles. The normalized spacial score (nSPS) is 17.5. The van der Waals surface area contributed by atoms with E-state index in [0.717, 1.165) is 19.6 Å². The third kappa shape index (κ3) is 5.57. The van der Waals surface area contributed by atoms with E-state index in [0.29, 0.717) is 41.4 Å². The molecule has 1 unspecified atom stereocenters. The van der Waals surface area contributed by atoms with Crippen LogP contribution in [-0.2, 0) is 4.74 Å². The molecule has 0 spiro atoms. The van der Waals surface area contributed by atoms with Crippen LogP contribution < -0.4 is 16.0 Å². The largest absolute Gasteiger partial charge is 0.381 e. The first-order chi connectivity index (χ1) is 10.1. The average Bonchev–Trinajstić information content (AvgIpc) is 2.96. The maximum Gasteiger partial charge on any atom is 0.314 e. The molecule has 1 aromatic heterocycles. The van der Waals surface area contributed by atoms with Gasteiger partial charge in [0.15, 0.2) is 0 Å². The monoisotopic (exact) mass is 332 g/mol. The molecule has 2 heterocycles. The van der Waals surface area contributed by atoms with Crippen LogP contribution in [0.4, 0.5) is 10.6 Å². The Kier molecular flexibility index (Phi) is 6.35. The fourth-order valence-corrected chi connectivity index (χ4v) is 2.39. The number of pyridine rings is 1. The van der Waals surface area contributed by atoms with Crippen molar-refractivity contribution >= 4 is 35.1 Å². The lowest BCUT2D eigenvalue weighted by molar-refractivity contribution is 0.185. The molecule has 0 aliphatic carbocycles. The Bertz CT molecular complexity index is 481. The molecular formula is C13H18Cl2N4O2. The Hall–Kier alpha value is -1.24. The van der Waals surface area contributed by atoms with Gasteiger partial charge in [-0.25, -0.2) is 9.78 Å². The van der Waals surface area contributed by atoms with Crippen LogP contribution in [0, 0.1) is 5.92 Å². The van der Waals surface area contributed by atoms with Gasteiger partial charge in [0.1, 0.15) is 5.82 Å². The number of amides is 2. The lowest BCUT2D eigenvalue weighted by Crippen LogP contribution is -2.40. The van der Waals surface area contributed by atoms with E-state index >= 15 is 0 Å². The molecule has 1 aliphatic rings. The number of carbonyl (C=O) groups excluding carboxylic acids is 1. The number of urea groups is 1. The first-order valence-electron chi connectivity index (χ1n) is 6.79. The molecule has 6 nitrogen and oxygen atoms in total. The van der Waals surface area contributed by atoms with Crippen molar-refractivity contribution in [3.63, 3.8) is 0 Å². The van der Waals surface area contributed by atoms with Gasteiger partial charge >= 0.3 is 6.03 Å². The highest BCUT2D eigenvalue weighted by molar-refractivity contribution is 6.35. The van der Waals surface area contributed by atoms with Crippen molar-refractivity contribution < 1.29 is 9.53 Å². The number of ether oxygens (including phenoxy) is 1. The maximum atomic E-state index is 11.6. The molecule has 2 rings (SSSR count). The van der Waals surface area contributed by atoms with Gasteiger partial charge in [0.25, 0.3) is 0 Å². The zero-order chi connectivity index (χ0) is 15.1. The molecular weight excluding hydrogens is 315 g/mol. The Balaban J connectivity index is 1.59. The second-order valence-corrected chi connectivity index (χ2v) is 5.62. The summed E-state index contributed by atoms with van der Waals surface area (Å²) in [6.45, 7) is 3.14.